The van der Waals surface area contributed by atoms with E-state index in [1.165, 1.54) is 5.56 Å². The van der Waals surface area contributed by atoms with E-state index in [-0.39, 0.29) is 6.04 Å². The Balaban J connectivity index is 2.59. The molecular formula is C9H13N3S. The summed E-state index contributed by atoms with van der Waals surface area (Å²) in [7, 11) is 1.80. The third-order valence-electron chi connectivity index (χ3n) is 1.78. The summed E-state index contributed by atoms with van der Waals surface area (Å²) in [5.41, 5.74) is 1.17. The molecule has 1 rings (SSSR count). The fourth-order valence-corrected chi connectivity index (χ4v) is 1.18. The van der Waals surface area contributed by atoms with E-state index in [0.29, 0.717) is 5.11 Å². The van der Waals surface area contributed by atoms with Crippen molar-refractivity contribution < 1.29 is 0 Å². The average Bonchev–Trinajstić information content (AvgIpc) is 2.19. The molecular weight excluding hydrogens is 182 g/mol. The monoisotopic (exact) mass is 195 g/mol. The Morgan fingerprint density at radius 1 is 1.46 bits per heavy atom. The molecule has 70 valence electrons. The highest BCUT2D eigenvalue weighted by molar-refractivity contribution is 7.80. The maximum atomic E-state index is 4.99. The van der Waals surface area contributed by atoms with E-state index in [1.54, 1.807) is 19.4 Å². The Kier molecular flexibility index (Phi) is 3.64. The molecule has 0 aliphatic rings. The van der Waals surface area contributed by atoms with E-state index in [4.69, 9.17) is 12.2 Å². The van der Waals surface area contributed by atoms with Crippen LogP contribution in [0.15, 0.2) is 24.5 Å². The van der Waals surface area contributed by atoms with Crippen molar-refractivity contribution in [3.8, 4) is 0 Å². The van der Waals surface area contributed by atoms with Crippen LogP contribution in [0.5, 0.6) is 0 Å². The van der Waals surface area contributed by atoms with Gasteiger partial charge in [-0.2, -0.15) is 0 Å². The summed E-state index contributed by atoms with van der Waals surface area (Å²) in [5, 5.41) is 6.67. The molecule has 2 N–H and O–H groups in total. The van der Waals surface area contributed by atoms with E-state index in [2.05, 4.69) is 22.5 Å². The van der Waals surface area contributed by atoms with Crippen molar-refractivity contribution >= 4 is 17.3 Å². The summed E-state index contributed by atoms with van der Waals surface area (Å²) in [6.45, 7) is 2.05. The van der Waals surface area contributed by atoms with Crippen molar-refractivity contribution in [2.45, 2.75) is 13.0 Å². The van der Waals surface area contributed by atoms with Gasteiger partial charge in [0.05, 0.1) is 6.04 Å². The van der Waals surface area contributed by atoms with Crippen molar-refractivity contribution in [1.82, 2.24) is 15.6 Å². The highest BCUT2D eigenvalue weighted by Gasteiger charge is 2.04. The Morgan fingerprint density at radius 3 is 2.62 bits per heavy atom. The van der Waals surface area contributed by atoms with Gasteiger partial charge >= 0.3 is 0 Å². The minimum Gasteiger partial charge on any atom is -0.366 e. The summed E-state index contributed by atoms with van der Waals surface area (Å²) in [6, 6.07) is 4.15. The molecule has 3 nitrogen and oxygen atoms in total. The zero-order valence-electron chi connectivity index (χ0n) is 7.74. The normalized spacial score (nSPS) is 11.8. The van der Waals surface area contributed by atoms with Crippen LogP contribution in [0.3, 0.4) is 0 Å². The van der Waals surface area contributed by atoms with E-state index in [0.717, 1.165) is 0 Å². The van der Waals surface area contributed by atoms with Crippen LogP contribution >= 0.6 is 12.2 Å². The molecule has 0 saturated carbocycles. The standard InChI is InChI=1S/C9H13N3S/c1-7(12-9(13)10-2)8-3-5-11-6-4-8/h3-7H,1-2H3,(H2,10,12,13)/t7-/m1/s1. The fraction of sp³-hybridized carbons (Fsp3) is 0.333. The first-order valence-corrected chi connectivity index (χ1v) is 4.53. The molecule has 1 heterocycles. The van der Waals surface area contributed by atoms with Crippen molar-refractivity contribution in [3.05, 3.63) is 30.1 Å². The number of thiocarbonyl (C=S) groups is 1. The van der Waals surface area contributed by atoms with Gasteiger partial charge in [0.15, 0.2) is 5.11 Å². The predicted molar refractivity (Wildman–Crippen MR) is 57.4 cm³/mol. The number of hydrogen-bond donors (Lipinski definition) is 2. The quantitative estimate of drug-likeness (QED) is 0.696. The number of nitrogens with zero attached hydrogens (tertiary/aromatic N) is 1. The minimum absolute atomic E-state index is 0.211. The second kappa shape index (κ2) is 4.77. The first-order valence-electron chi connectivity index (χ1n) is 4.12. The van der Waals surface area contributed by atoms with Gasteiger partial charge in [-0.1, -0.05) is 0 Å². The fourth-order valence-electron chi connectivity index (χ4n) is 1.00. The molecule has 1 aromatic rings. The van der Waals surface area contributed by atoms with Crippen LogP contribution < -0.4 is 10.6 Å². The Labute approximate surface area is 83.6 Å². The van der Waals surface area contributed by atoms with Crippen molar-refractivity contribution in [3.63, 3.8) is 0 Å². The van der Waals surface area contributed by atoms with Crippen molar-refractivity contribution in [2.75, 3.05) is 7.05 Å². The number of hydrogen-bond acceptors (Lipinski definition) is 2. The lowest BCUT2D eigenvalue weighted by Gasteiger charge is -2.15. The number of pyridine rings is 1. The molecule has 0 radical (unpaired) electrons. The second-order valence-electron chi connectivity index (χ2n) is 2.73. The lowest BCUT2D eigenvalue weighted by molar-refractivity contribution is 0.708. The molecule has 0 aromatic carbocycles. The van der Waals surface area contributed by atoms with Gasteiger partial charge in [0.1, 0.15) is 0 Å². The van der Waals surface area contributed by atoms with Gasteiger partial charge in [-0.25, -0.2) is 0 Å². The zero-order chi connectivity index (χ0) is 9.68. The van der Waals surface area contributed by atoms with Gasteiger partial charge in [0.25, 0.3) is 0 Å². The van der Waals surface area contributed by atoms with Gasteiger partial charge in [-0.15, -0.1) is 0 Å². The molecule has 4 heteroatoms. The number of aromatic nitrogens is 1. The summed E-state index contributed by atoms with van der Waals surface area (Å²) in [4.78, 5) is 3.95. The maximum absolute atomic E-state index is 4.99. The van der Waals surface area contributed by atoms with Crippen LogP contribution in [0.1, 0.15) is 18.5 Å². The van der Waals surface area contributed by atoms with Gasteiger partial charge in [0.2, 0.25) is 0 Å². The van der Waals surface area contributed by atoms with Crippen LogP contribution in [-0.4, -0.2) is 17.1 Å². The van der Waals surface area contributed by atoms with Crippen molar-refractivity contribution in [2.24, 2.45) is 0 Å². The SMILES string of the molecule is CNC(=S)N[C@H](C)c1ccncc1. The van der Waals surface area contributed by atoms with E-state index in [1.807, 2.05) is 12.1 Å². The predicted octanol–water partition coefficient (Wildman–Crippen LogP) is 1.24. The van der Waals surface area contributed by atoms with Crippen LogP contribution in [-0.2, 0) is 0 Å². The largest absolute Gasteiger partial charge is 0.366 e. The van der Waals surface area contributed by atoms with Gasteiger partial charge in [-0.3, -0.25) is 4.98 Å². The molecule has 0 unspecified atom stereocenters. The first kappa shape index (κ1) is 9.92. The molecule has 0 aliphatic heterocycles. The zero-order valence-corrected chi connectivity index (χ0v) is 8.56. The number of rotatable bonds is 2. The molecule has 0 bridgehead atoms. The van der Waals surface area contributed by atoms with E-state index in [9.17, 15) is 0 Å². The minimum atomic E-state index is 0.211. The van der Waals surface area contributed by atoms with Gasteiger partial charge in [-0.05, 0) is 36.8 Å². The molecule has 1 atom stereocenters. The highest BCUT2D eigenvalue weighted by Crippen LogP contribution is 2.09. The molecule has 0 spiro atoms. The van der Waals surface area contributed by atoms with Crippen LogP contribution in [0, 0.1) is 0 Å². The Morgan fingerprint density at radius 2 is 2.08 bits per heavy atom. The molecule has 13 heavy (non-hydrogen) atoms. The smallest absolute Gasteiger partial charge is 0.166 e. The van der Waals surface area contributed by atoms with Gasteiger partial charge in [0, 0.05) is 19.4 Å². The summed E-state index contributed by atoms with van der Waals surface area (Å²) < 4.78 is 0. The van der Waals surface area contributed by atoms with Gasteiger partial charge < -0.3 is 10.6 Å². The van der Waals surface area contributed by atoms with Crippen molar-refractivity contribution in [1.29, 1.82) is 0 Å². The van der Waals surface area contributed by atoms with Crippen LogP contribution in [0.25, 0.3) is 0 Å². The lowest BCUT2D eigenvalue weighted by Crippen LogP contribution is -2.34. The summed E-state index contributed by atoms with van der Waals surface area (Å²) in [6.07, 6.45) is 3.55. The molecule has 0 saturated heterocycles. The van der Waals surface area contributed by atoms with E-state index >= 15 is 0 Å². The topological polar surface area (TPSA) is 37.0 Å². The highest BCUT2D eigenvalue weighted by atomic mass is 32.1. The average molecular weight is 195 g/mol. The first-order chi connectivity index (χ1) is 6.24. The number of nitrogens with one attached hydrogen (secondary N) is 2. The maximum Gasteiger partial charge on any atom is 0.166 e. The molecule has 1 aromatic heterocycles. The third-order valence-corrected chi connectivity index (χ3v) is 2.10. The summed E-state index contributed by atoms with van der Waals surface area (Å²) >= 11 is 4.99. The lowest BCUT2D eigenvalue weighted by atomic mass is 10.1. The summed E-state index contributed by atoms with van der Waals surface area (Å²) in [5.74, 6) is 0. The molecule has 0 fully saturated rings. The van der Waals surface area contributed by atoms with E-state index < -0.39 is 0 Å². The molecule has 0 amide bonds. The van der Waals surface area contributed by atoms with Crippen LogP contribution in [0.2, 0.25) is 0 Å². The Hall–Kier alpha value is -1.16. The second-order valence-corrected chi connectivity index (χ2v) is 3.13. The third kappa shape index (κ3) is 2.99. The molecule has 0 aliphatic carbocycles. The Bertz CT molecular complexity index is 273. The van der Waals surface area contributed by atoms with Crippen LogP contribution in [0.4, 0.5) is 0 Å².